The van der Waals surface area contributed by atoms with Crippen molar-refractivity contribution >= 4 is 5.78 Å². The SMILES string of the molecule is O=C(c1ccc(F)cc1)[C@@H](CN1CCNCC1)c1ccccc1. The fraction of sp³-hybridized carbons (Fsp3) is 0.316. The first kappa shape index (κ1) is 15.8. The van der Waals surface area contributed by atoms with Crippen LogP contribution >= 0.6 is 0 Å². The molecule has 1 N–H and O–H groups in total. The number of benzene rings is 2. The molecule has 1 aliphatic heterocycles. The summed E-state index contributed by atoms with van der Waals surface area (Å²) >= 11 is 0. The van der Waals surface area contributed by atoms with E-state index in [1.54, 1.807) is 12.1 Å². The van der Waals surface area contributed by atoms with E-state index < -0.39 is 0 Å². The lowest BCUT2D eigenvalue weighted by Crippen LogP contribution is -2.45. The number of halogens is 1. The summed E-state index contributed by atoms with van der Waals surface area (Å²) in [5, 5.41) is 3.33. The van der Waals surface area contributed by atoms with Crippen molar-refractivity contribution in [1.82, 2.24) is 10.2 Å². The number of piperazine rings is 1. The van der Waals surface area contributed by atoms with Gasteiger partial charge in [-0.1, -0.05) is 30.3 Å². The van der Waals surface area contributed by atoms with Gasteiger partial charge in [0.05, 0.1) is 5.92 Å². The molecule has 23 heavy (non-hydrogen) atoms. The zero-order valence-corrected chi connectivity index (χ0v) is 13.0. The summed E-state index contributed by atoms with van der Waals surface area (Å²) in [5.74, 6) is -0.491. The van der Waals surface area contributed by atoms with Crippen LogP contribution in [0, 0.1) is 5.82 Å². The van der Waals surface area contributed by atoms with Gasteiger partial charge in [-0.3, -0.25) is 9.69 Å². The Hall–Kier alpha value is -2.04. The molecule has 3 nitrogen and oxygen atoms in total. The molecule has 1 fully saturated rings. The summed E-state index contributed by atoms with van der Waals surface area (Å²) in [7, 11) is 0. The Morgan fingerprint density at radius 1 is 1.04 bits per heavy atom. The molecule has 1 saturated heterocycles. The van der Waals surface area contributed by atoms with E-state index in [0.717, 1.165) is 31.7 Å². The van der Waals surface area contributed by atoms with Gasteiger partial charge < -0.3 is 5.32 Å². The highest BCUT2D eigenvalue weighted by molar-refractivity contribution is 6.01. The average Bonchev–Trinajstić information content (AvgIpc) is 2.61. The minimum atomic E-state index is -0.320. The second-order valence-corrected chi connectivity index (χ2v) is 5.89. The lowest BCUT2D eigenvalue weighted by molar-refractivity contribution is 0.0928. The van der Waals surface area contributed by atoms with E-state index in [9.17, 15) is 9.18 Å². The van der Waals surface area contributed by atoms with Crippen LogP contribution < -0.4 is 5.32 Å². The topological polar surface area (TPSA) is 32.3 Å². The lowest BCUT2D eigenvalue weighted by atomic mass is 9.90. The zero-order chi connectivity index (χ0) is 16.1. The van der Waals surface area contributed by atoms with Gasteiger partial charge in [0.1, 0.15) is 5.82 Å². The second kappa shape index (κ2) is 7.49. The number of ketones is 1. The summed E-state index contributed by atoms with van der Waals surface area (Å²) < 4.78 is 13.1. The molecule has 0 amide bonds. The highest BCUT2D eigenvalue weighted by atomic mass is 19.1. The van der Waals surface area contributed by atoms with E-state index in [0.29, 0.717) is 12.1 Å². The van der Waals surface area contributed by atoms with Gasteiger partial charge in [0, 0.05) is 38.3 Å². The molecule has 0 spiro atoms. The first-order valence-electron chi connectivity index (χ1n) is 8.02. The van der Waals surface area contributed by atoms with Crippen LogP contribution in [0.15, 0.2) is 54.6 Å². The Balaban J connectivity index is 1.84. The van der Waals surface area contributed by atoms with Gasteiger partial charge >= 0.3 is 0 Å². The Morgan fingerprint density at radius 3 is 2.35 bits per heavy atom. The van der Waals surface area contributed by atoms with Crippen molar-refractivity contribution in [3.8, 4) is 0 Å². The second-order valence-electron chi connectivity index (χ2n) is 5.89. The minimum absolute atomic E-state index is 0.0507. The van der Waals surface area contributed by atoms with E-state index in [2.05, 4.69) is 10.2 Å². The molecule has 0 saturated carbocycles. The highest BCUT2D eigenvalue weighted by Gasteiger charge is 2.25. The summed E-state index contributed by atoms with van der Waals surface area (Å²) in [4.78, 5) is 15.3. The van der Waals surface area contributed by atoms with Crippen LogP contribution in [-0.2, 0) is 0 Å². The lowest BCUT2D eigenvalue weighted by Gasteiger charge is -2.30. The van der Waals surface area contributed by atoms with Crippen molar-refractivity contribution in [1.29, 1.82) is 0 Å². The van der Waals surface area contributed by atoms with E-state index >= 15 is 0 Å². The van der Waals surface area contributed by atoms with Gasteiger partial charge in [-0.15, -0.1) is 0 Å². The normalized spacial score (nSPS) is 16.9. The molecular formula is C19H21FN2O. The van der Waals surface area contributed by atoms with Crippen LogP contribution in [0.5, 0.6) is 0 Å². The molecule has 1 aliphatic rings. The third-order valence-electron chi connectivity index (χ3n) is 4.30. The third kappa shape index (κ3) is 4.03. The van der Waals surface area contributed by atoms with Crippen LogP contribution in [0.3, 0.4) is 0 Å². The maximum atomic E-state index is 13.1. The highest BCUT2D eigenvalue weighted by Crippen LogP contribution is 2.23. The summed E-state index contributed by atoms with van der Waals surface area (Å²) in [6.45, 7) is 4.49. The number of nitrogens with zero attached hydrogens (tertiary/aromatic N) is 1. The summed E-state index contributed by atoms with van der Waals surface area (Å²) in [5.41, 5.74) is 1.58. The largest absolute Gasteiger partial charge is 0.314 e. The molecule has 1 heterocycles. The molecule has 0 aliphatic carbocycles. The van der Waals surface area contributed by atoms with Crippen molar-refractivity contribution < 1.29 is 9.18 Å². The molecule has 3 rings (SSSR count). The summed E-state index contributed by atoms with van der Waals surface area (Å²) in [6.07, 6.45) is 0. The first-order valence-corrected chi connectivity index (χ1v) is 8.02. The molecule has 4 heteroatoms. The maximum absolute atomic E-state index is 13.1. The van der Waals surface area contributed by atoms with Gasteiger partial charge in [-0.25, -0.2) is 4.39 Å². The van der Waals surface area contributed by atoms with Crippen LogP contribution in [0.4, 0.5) is 4.39 Å². The van der Waals surface area contributed by atoms with Gasteiger partial charge in [-0.05, 0) is 29.8 Å². The molecule has 0 bridgehead atoms. The van der Waals surface area contributed by atoms with E-state index in [1.165, 1.54) is 12.1 Å². The Labute approximate surface area is 136 Å². The number of carbonyl (C=O) groups excluding carboxylic acids is 1. The zero-order valence-electron chi connectivity index (χ0n) is 13.0. The van der Waals surface area contributed by atoms with E-state index in [4.69, 9.17) is 0 Å². The Bertz CT molecular complexity index is 636. The minimum Gasteiger partial charge on any atom is -0.314 e. The van der Waals surface area contributed by atoms with Crippen LogP contribution in [-0.4, -0.2) is 43.4 Å². The molecule has 0 aromatic heterocycles. The van der Waals surface area contributed by atoms with Crippen LogP contribution in [0.25, 0.3) is 0 Å². The predicted molar refractivity (Wildman–Crippen MR) is 89.2 cm³/mol. The third-order valence-corrected chi connectivity index (χ3v) is 4.30. The van der Waals surface area contributed by atoms with Crippen LogP contribution in [0.1, 0.15) is 21.8 Å². The fourth-order valence-electron chi connectivity index (χ4n) is 2.99. The van der Waals surface area contributed by atoms with Crippen molar-refractivity contribution in [2.45, 2.75) is 5.92 Å². The molecule has 120 valence electrons. The molecule has 2 aromatic carbocycles. The molecule has 0 unspecified atom stereocenters. The maximum Gasteiger partial charge on any atom is 0.171 e. The number of rotatable bonds is 5. The molecule has 2 aromatic rings. The number of hydrogen-bond acceptors (Lipinski definition) is 3. The summed E-state index contributed by atoms with van der Waals surface area (Å²) in [6, 6.07) is 15.7. The monoisotopic (exact) mass is 312 g/mol. The Morgan fingerprint density at radius 2 is 1.70 bits per heavy atom. The number of carbonyl (C=O) groups is 1. The van der Waals surface area contributed by atoms with Gasteiger partial charge in [0.25, 0.3) is 0 Å². The van der Waals surface area contributed by atoms with E-state index in [1.807, 2.05) is 30.3 Å². The van der Waals surface area contributed by atoms with Crippen LogP contribution in [0.2, 0.25) is 0 Å². The fourth-order valence-corrected chi connectivity index (χ4v) is 2.99. The van der Waals surface area contributed by atoms with Crippen molar-refractivity contribution in [3.63, 3.8) is 0 Å². The number of Topliss-reactive ketones (excluding diaryl/α,β-unsaturated/α-hetero) is 1. The van der Waals surface area contributed by atoms with E-state index in [-0.39, 0.29) is 17.5 Å². The molecular weight excluding hydrogens is 291 g/mol. The quantitative estimate of drug-likeness (QED) is 0.862. The number of nitrogens with one attached hydrogen (secondary N) is 1. The van der Waals surface area contributed by atoms with Crippen molar-refractivity contribution in [2.75, 3.05) is 32.7 Å². The van der Waals surface area contributed by atoms with Crippen molar-refractivity contribution in [3.05, 3.63) is 71.5 Å². The molecule has 0 radical (unpaired) electrons. The van der Waals surface area contributed by atoms with Gasteiger partial charge in [0.2, 0.25) is 0 Å². The standard InChI is InChI=1S/C19H21FN2O/c20-17-8-6-16(7-9-17)19(23)18(15-4-2-1-3-5-15)14-22-12-10-21-11-13-22/h1-9,18,21H,10-14H2/t18-/m0/s1. The van der Waals surface area contributed by atoms with Gasteiger partial charge in [-0.2, -0.15) is 0 Å². The van der Waals surface area contributed by atoms with Gasteiger partial charge in [0.15, 0.2) is 5.78 Å². The Kier molecular flexibility index (Phi) is 5.16. The average molecular weight is 312 g/mol. The van der Waals surface area contributed by atoms with Crippen molar-refractivity contribution in [2.24, 2.45) is 0 Å². The predicted octanol–water partition coefficient (Wildman–Crippen LogP) is 2.70. The first-order chi connectivity index (χ1) is 11.2. The smallest absolute Gasteiger partial charge is 0.171 e. The number of hydrogen-bond donors (Lipinski definition) is 1. The molecule has 1 atom stereocenters.